The molecule has 1 atom stereocenters. The molecule has 1 fully saturated rings. The minimum absolute atomic E-state index is 0.198. The van der Waals surface area contributed by atoms with E-state index in [1.54, 1.807) is 0 Å². The van der Waals surface area contributed by atoms with E-state index in [1.807, 2.05) is 49.1 Å². The maximum Gasteiger partial charge on any atom is 0.231 e. The summed E-state index contributed by atoms with van der Waals surface area (Å²) in [6.07, 6.45) is 0.917. The van der Waals surface area contributed by atoms with E-state index in [1.165, 1.54) is 0 Å². The van der Waals surface area contributed by atoms with Crippen molar-refractivity contribution in [2.75, 3.05) is 19.6 Å². The molecule has 2 aromatic rings. The van der Waals surface area contributed by atoms with Crippen LogP contribution in [0.25, 0.3) is 0 Å². The van der Waals surface area contributed by atoms with E-state index in [0.29, 0.717) is 5.88 Å². The smallest absolute Gasteiger partial charge is 0.231 e. The molecule has 6 nitrogen and oxygen atoms in total. The van der Waals surface area contributed by atoms with Crippen molar-refractivity contribution in [3.8, 4) is 11.6 Å². The van der Waals surface area contributed by atoms with Gasteiger partial charge in [-0.25, -0.2) is 4.98 Å². The number of rotatable bonds is 5. The molecular formula is C18H22N4O2. The second-order valence-electron chi connectivity index (χ2n) is 6.26. The van der Waals surface area contributed by atoms with Crippen LogP contribution in [-0.4, -0.2) is 40.4 Å². The number of hydrogen-bond acceptors (Lipinski definition) is 5. The molecule has 0 saturated carbocycles. The summed E-state index contributed by atoms with van der Waals surface area (Å²) < 4.78 is 5.94. The summed E-state index contributed by atoms with van der Waals surface area (Å²) in [5.41, 5.74) is 7.20. The Morgan fingerprint density at radius 1 is 1.33 bits per heavy atom. The van der Waals surface area contributed by atoms with Crippen molar-refractivity contribution < 1.29 is 9.53 Å². The predicted molar refractivity (Wildman–Crippen MR) is 91.0 cm³/mol. The van der Waals surface area contributed by atoms with Crippen LogP contribution in [0.5, 0.6) is 11.6 Å². The lowest BCUT2D eigenvalue weighted by Gasteiger charge is -2.14. The fraction of sp³-hybridized carbons (Fsp3) is 0.389. The van der Waals surface area contributed by atoms with Crippen molar-refractivity contribution in [3.63, 3.8) is 0 Å². The molecule has 126 valence electrons. The molecule has 1 aliphatic heterocycles. The van der Waals surface area contributed by atoms with Crippen LogP contribution in [0, 0.1) is 13.8 Å². The van der Waals surface area contributed by atoms with E-state index in [2.05, 4.69) is 9.97 Å². The summed E-state index contributed by atoms with van der Waals surface area (Å²) in [6, 6.07) is 9.69. The van der Waals surface area contributed by atoms with Crippen LogP contribution in [0.4, 0.5) is 0 Å². The first-order valence-electron chi connectivity index (χ1n) is 8.11. The first-order valence-corrected chi connectivity index (χ1v) is 8.11. The van der Waals surface area contributed by atoms with Gasteiger partial charge in [0.2, 0.25) is 11.8 Å². The van der Waals surface area contributed by atoms with Gasteiger partial charge in [0.1, 0.15) is 11.6 Å². The number of benzene rings is 1. The molecule has 0 spiro atoms. The molecule has 1 aromatic heterocycles. The largest absolute Gasteiger partial charge is 0.439 e. The van der Waals surface area contributed by atoms with E-state index < -0.39 is 0 Å². The number of para-hydroxylation sites is 1. The Balaban J connectivity index is 1.77. The zero-order chi connectivity index (χ0) is 17.1. The van der Waals surface area contributed by atoms with Crippen molar-refractivity contribution in [2.45, 2.75) is 26.2 Å². The van der Waals surface area contributed by atoms with Gasteiger partial charge in [-0.1, -0.05) is 18.2 Å². The van der Waals surface area contributed by atoms with Crippen molar-refractivity contribution in [1.82, 2.24) is 14.9 Å². The molecule has 1 aromatic carbocycles. The number of nitrogens with zero attached hydrogens (tertiary/aromatic N) is 3. The monoisotopic (exact) mass is 326 g/mol. The lowest BCUT2D eigenvalue weighted by molar-refractivity contribution is -0.118. The highest BCUT2D eigenvalue weighted by Crippen LogP contribution is 2.28. The SMILES string of the molecule is Cc1cc(Oc2ccccc2C)nc(C2CCN(CC(N)=O)C2)n1. The molecule has 1 unspecified atom stereocenters. The van der Waals surface area contributed by atoms with Gasteiger partial charge in [0.25, 0.3) is 0 Å². The molecule has 1 aliphatic rings. The van der Waals surface area contributed by atoms with E-state index in [-0.39, 0.29) is 18.4 Å². The lowest BCUT2D eigenvalue weighted by Crippen LogP contribution is -2.31. The number of carbonyl (C=O) groups is 1. The van der Waals surface area contributed by atoms with Crippen molar-refractivity contribution >= 4 is 5.91 Å². The number of aromatic nitrogens is 2. The molecule has 24 heavy (non-hydrogen) atoms. The van der Waals surface area contributed by atoms with Crippen LogP contribution in [-0.2, 0) is 4.79 Å². The Morgan fingerprint density at radius 2 is 2.12 bits per heavy atom. The highest BCUT2D eigenvalue weighted by atomic mass is 16.5. The Bertz CT molecular complexity index is 748. The topological polar surface area (TPSA) is 81.3 Å². The second kappa shape index (κ2) is 6.97. The number of carbonyl (C=O) groups excluding carboxylic acids is 1. The number of hydrogen-bond donors (Lipinski definition) is 1. The number of nitrogens with two attached hydrogens (primary N) is 1. The van der Waals surface area contributed by atoms with Gasteiger partial charge in [-0.3, -0.25) is 9.69 Å². The number of amides is 1. The highest BCUT2D eigenvalue weighted by molar-refractivity contribution is 5.75. The molecule has 2 heterocycles. The third-order valence-electron chi connectivity index (χ3n) is 4.17. The van der Waals surface area contributed by atoms with Crippen LogP contribution in [0.15, 0.2) is 30.3 Å². The van der Waals surface area contributed by atoms with E-state index in [0.717, 1.165) is 42.3 Å². The maximum atomic E-state index is 11.1. The number of ether oxygens (including phenoxy) is 1. The quantitative estimate of drug-likeness (QED) is 0.910. The normalized spacial score (nSPS) is 17.8. The highest BCUT2D eigenvalue weighted by Gasteiger charge is 2.27. The maximum absolute atomic E-state index is 11.1. The summed E-state index contributed by atoms with van der Waals surface area (Å²) in [4.78, 5) is 22.3. The number of primary amides is 1. The molecule has 0 bridgehead atoms. The molecule has 2 N–H and O–H groups in total. The average Bonchev–Trinajstić information content (AvgIpc) is 2.97. The Morgan fingerprint density at radius 3 is 2.88 bits per heavy atom. The third-order valence-corrected chi connectivity index (χ3v) is 4.17. The summed E-state index contributed by atoms with van der Waals surface area (Å²) in [5.74, 6) is 2.02. The van der Waals surface area contributed by atoms with Gasteiger partial charge in [-0.05, 0) is 38.4 Å². The summed E-state index contributed by atoms with van der Waals surface area (Å²) >= 11 is 0. The fourth-order valence-electron chi connectivity index (χ4n) is 2.99. The first kappa shape index (κ1) is 16.4. The van der Waals surface area contributed by atoms with Crippen molar-refractivity contribution in [1.29, 1.82) is 0 Å². The van der Waals surface area contributed by atoms with E-state index in [9.17, 15) is 4.79 Å². The first-order chi connectivity index (χ1) is 11.5. The van der Waals surface area contributed by atoms with Crippen molar-refractivity contribution in [3.05, 3.63) is 47.4 Å². The molecule has 1 amide bonds. The third kappa shape index (κ3) is 3.89. The standard InChI is InChI=1S/C18H22N4O2/c1-12-5-3-4-6-15(12)24-17-9-13(2)20-18(21-17)14-7-8-22(10-14)11-16(19)23/h3-6,9,14H,7-8,10-11H2,1-2H3,(H2,19,23). The van der Waals surface area contributed by atoms with Gasteiger partial charge < -0.3 is 10.5 Å². The molecule has 1 saturated heterocycles. The predicted octanol–water partition coefficient (Wildman–Crippen LogP) is 2.16. The minimum Gasteiger partial charge on any atom is -0.439 e. The number of aryl methyl sites for hydroxylation is 2. The van der Waals surface area contributed by atoms with Crippen LogP contribution in [0.1, 0.15) is 29.4 Å². The van der Waals surface area contributed by atoms with E-state index in [4.69, 9.17) is 10.5 Å². The lowest BCUT2D eigenvalue weighted by atomic mass is 10.1. The molecule has 3 rings (SSSR count). The average molecular weight is 326 g/mol. The molecule has 0 aliphatic carbocycles. The van der Waals surface area contributed by atoms with Gasteiger partial charge in [-0.15, -0.1) is 0 Å². The van der Waals surface area contributed by atoms with Gasteiger partial charge in [0.05, 0.1) is 6.54 Å². The van der Waals surface area contributed by atoms with Crippen LogP contribution >= 0.6 is 0 Å². The second-order valence-corrected chi connectivity index (χ2v) is 6.26. The van der Waals surface area contributed by atoms with Gasteiger partial charge in [0, 0.05) is 24.2 Å². The fourth-order valence-corrected chi connectivity index (χ4v) is 2.99. The molecule has 0 radical (unpaired) electrons. The Kier molecular flexibility index (Phi) is 4.76. The van der Waals surface area contributed by atoms with Crippen molar-refractivity contribution in [2.24, 2.45) is 5.73 Å². The van der Waals surface area contributed by atoms with Crippen LogP contribution in [0.2, 0.25) is 0 Å². The Hall–Kier alpha value is -2.47. The van der Waals surface area contributed by atoms with Crippen LogP contribution in [0.3, 0.4) is 0 Å². The van der Waals surface area contributed by atoms with Gasteiger partial charge >= 0.3 is 0 Å². The Labute approximate surface area is 141 Å². The molecule has 6 heteroatoms. The van der Waals surface area contributed by atoms with E-state index >= 15 is 0 Å². The summed E-state index contributed by atoms with van der Waals surface area (Å²) in [6.45, 7) is 5.80. The molecular weight excluding hydrogens is 304 g/mol. The summed E-state index contributed by atoms with van der Waals surface area (Å²) in [5, 5.41) is 0. The number of likely N-dealkylation sites (tertiary alicyclic amines) is 1. The zero-order valence-electron chi connectivity index (χ0n) is 14.0. The van der Waals surface area contributed by atoms with Crippen LogP contribution < -0.4 is 10.5 Å². The minimum atomic E-state index is -0.301. The zero-order valence-corrected chi connectivity index (χ0v) is 14.0. The summed E-state index contributed by atoms with van der Waals surface area (Å²) in [7, 11) is 0. The van der Waals surface area contributed by atoms with Gasteiger partial charge in [0.15, 0.2) is 0 Å². The van der Waals surface area contributed by atoms with Gasteiger partial charge in [-0.2, -0.15) is 4.98 Å².